The topological polar surface area (TPSA) is 70.7 Å². The fraction of sp³-hybridized carbons (Fsp3) is 0.600. The summed E-state index contributed by atoms with van der Waals surface area (Å²) in [5.74, 6) is 0.460. The summed E-state index contributed by atoms with van der Waals surface area (Å²) in [6.45, 7) is 1.35. The molecule has 1 saturated heterocycles. The third-order valence-corrected chi connectivity index (χ3v) is 5.40. The van der Waals surface area contributed by atoms with Crippen molar-refractivity contribution in [1.29, 1.82) is 0 Å². The third-order valence-electron chi connectivity index (χ3n) is 5.40. The van der Waals surface area contributed by atoms with Crippen molar-refractivity contribution >= 4 is 11.9 Å². The minimum Gasteiger partial charge on any atom is -0.496 e. The number of methoxy groups -OCH3 is 1. The second-order valence-electron chi connectivity index (χ2n) is 7.22. The van der Waals surface area contributed by atoms with Crippen molar-refractivity contribution in [1.82, 2.24) is 15.5 Å². The van der Waals surface area contributed by atoms with Crippen molar-refractivity contribution in [2.24, 2.45) is 0 Å². The van der Waals surface area contributed by atoms with Gasteiger partial charge in [0.25, 0.3) is 5.91 Å². The number of urea groups is 1. The first-order valence-electron chi connectivity index (χ1n) is 9.66. The zero-order valence-electron chi connectivity index (χ0n) is 15.5. The number of rotatable bonds is 4. The molecule has 26 heavy (non-hydrogen) atoms. The highest BCUT2D eigenvalue weighted by Crippen LogP contribution is 2.20. The van der Waals surface area contributed by atoms with Gasteiger partial charge in [0.05, 0.1) is 12.7 Å². The molecule has 6 nitrogen and oxygen atoms in total. The Hall–Kier alpha value is -2.24. The molecule has 2 aliphatic rings. The summed E-state index contributed by atoms with van der Waals surface area (Å²) in [6, 6.07) is 7.69. The van der Waals surface area contributed by atoms with Gasteiger partial charge in [0, 0.05) is 25.2 Å². The molecule has 1 aromatic rings. The van der Waals surface area contributed by atoms with E-state index in [1.165, 1.54) is 19.3 Å². The predicted molar refractivity (Wildman–Crippen MR) is 100 cm³/mol. The molecule has 0 bridgehead atoms. The van der Waals surface area contributed by atoms with E-state index in [0.717, 1.165) is 25.7 Å². The van der Waals surface area contributed by atoms with Crippen molar-refractivity contribution in [3.8, 4) is 5.75 Å². The van der Waals surface area contributed by atoms with Crippen LogP contribution in [-0.4, -0.2) is 49.1 Å². The molecule has 3 rings (SSSR count). The van der Waals surface area contributed by atoms with Gasteiger partial charge in [0.1, 0.15) is 5.75 Å². The van der Waals surface area contributed by atoms with Crippen LogP contribution in [-0.2, 0) is 0 Å². The summed E-state index contributed by atoms with van der Waals surface area (Å²) < 4.78 is 5.25. The highest BCUT2D eigenvalue weighted by molar-refractivity contribution is 5.97. The Morgan fingerprint density at radius 2 is 1.62 bits per heavy atom. The Morgan fingerprint density at radius 1 is 0.962 bits per heavy atom. The smallest absolute Gasteiger partial charge is 0.317 e. The SMILES string of the molecule is COc1ccccc1C(=O)NC1CCN(C(=O)NC2CCCCC2)CC1. The van der Waals surface area contributed by atoms with E-state index in [2.05, 4.69) is 10.6 Å². The summed E-state index contributed by atoms with van der Waals surface area (Å²) in [4.78, 5) is 26.8. The highest BCUT2D eigenvalue weighted by Gasteiger charge is 2.26. The Kier molecular flexibility index (Phi) is 6.36. The number of carbonyl (C=O) groups excluding carboxylic acids is 2. The van der Waals surface area contributed by atoms with Crippen LogP contribution in [0.3, 0.4) is 0 Å². The first-order chi connectivity index (χ1) is 12.7. The van der Waals surface area contributed by atoms with Crippen molar-refractivity contribution in [2.75, 3.05) is 20.2 Å². The second kappa shape index (κ2) is 8.92. The van der Waals surface area contributed by atoms with Gasteiger partial charge in [-0.3, -0.25) is 4.79 Å². The van der Waals surface area contributed by atoms with Crippen molar-refractivity contribution in [2.45, 2.75) is 57.0 Å². The van der Waals surface area contributed by atoms with Gasteiger partial charge in [-0.2, -0.15) is 0 Å². The van der Waals surface area contributed by atoms with Crippen LogP contribution in [0.4, 0.5) is 4.79 Å². The summed E-state index contributed by atoms with van der Waals surface area (Å²) in [6.07, 6.45) is 7.44. The monoisotopic (exact) mass is 359 g/mol. The van der Waals surface area contributed by atoms with Crippen LogP contribution in [0.1, 0.15) is 55.3 Å². The van der Waals surface area contributed by atoms with Crippen LogP contribution >= 0.6 is 0 Å². The Labute approximate surface area is 155 Å². The Balaban J connectivity index is 1.46. The van der Waals surface area contributed by atoms with Crippen molar-refractivity contribution < 1.29 is 14.3 Å². The maximum Gasteiger partial charge on any atom is 0.317 e. The van der Waals surface area contributed by atoms with Gasteiger partial charge >= 0.3 is 6.03 Å². The number of ether oxygens (including phenoxy) is 1. The van der Waals surface area contributed by atoms with E-state index >= 15 is 0 Å². The average molecular weight is 359 g/mol. The average Bonchev–Trinajstić information content (AvgIpc) is 2.69. The molecule has 2 fully saturated rings. The molecule has 1 aromatic carbocycles. The molecule has 3 amide bonds. The number of piperidine rings is 1. The number of benzene rings is 1. The van der Waals surface area contributed by atoms with Gasteiger partial charge in [-0.1, -0.05) is 31.4 Å². The first-order valence-corrected chi connectivity index (χ1v) is 9.66. The van der Waals surface area contributed by atoms with Crippen LogP contribution < -0.4 is 15.4 Å². The van der Waals surface area contributed by atoms with E-state index in [0.29, 0.717) is 30.4 Å². The van der Waals surface area contributed by atoms with Crippen LogP contribution in [0.2, 0.25) is 0 Å². The van der Waals surface area contributed by atoms with E-state index < -0.39 is 0 Å². The van der Waals surface area contributed by atoms with E-state index in [9.17, 15) is 9.59 Å². The summed E-state index contributed by atoms with van der Waals surface area (Å²) in [7, 11) is 1.57. The molecule has 1 heterocycles. The molecular weight excluding hydrogens is 330 g/mol. The fourth-order valence-corrected chi connectivity index (χ4v) is 3.84. The molecule has 0 aromatic heterocycles. The Morgan fingerprint density at radius 3 is 2.31 bits per heavy atom. The van der Waals surface area contributed by atoms with E-state index in [1.54, 1.807) is 19.2 Å². The van der Waals surface area contributed by atoms with Gasteiger partial charge in [-0.05, 0) is 37.8 Å². The lowest BCUT2D eigenvalue weighted by molar-refractivity contribution is 0.0914. The van der Waals surface area contributed by atoms with Gasteiger partial charge in [-0.15, -0.1) is 0 Å². The van der Waals surface area contributed by atoms with Crippen LogP contribution in [0, 0.1) is 0 Å². The lowest BCUT2D eigenvalue weighted by Gasteiger charge is -2.34. The van der Waals surface area contributed by atoms with Gasteiger partial charge in [0.15, 0.2) is 0 Å². The summed E-state index contributed by atoms with van der Waals surface area (Å²) in [5.41, 5.74) is 0.549. The molecule has 2 N–H and O–H groups in total. The zero-order chi connectivity index (χ0) is 18.4. The summed E-state index contributed by atoms with van der Waals surface area (Å²) >= 11 is 0. The van der Waals surface area contributed by atoms with Crippen LogP contribution in [0.25, 0.3) is 0 Å². The van der Waals surface area contributed by atoms with Crippen molar-refractivity contribution in [3.05, 3.63) is 29.8 Å². The minimum atomic E-state index is -0.118. The zero-order valence-corrected chi connectivity index (χ0v) is 15.5. The van der Waals surface area contributed by atoms with Gasteiger partial charge in [0.2, 0.25) is 0 Å². The highest BCUT2D eigenvalue weighted by atomic mass is 16.5. The van der Waals surface area contributed by atoms with E-state index in [1.807, 2.05) is 17.0 Å². The number of amides is 3. The molecule has 0 radical (unpaired) electrons. The largest absolute Gasteiger partial charge is 0.496 e. The number of nitrogens with one attached hydrogen (secondary N) is 2. The normalized spacial score (nSPS) is 19.0. The fourth-order valence-electron chi connectivity index (χ4n) is 3.84. The first kappa shape index (κ1) is 18.5. The number of nitrogens with zero attached hydrogens (tertiary/aromatic N) is 1. The minimum absolute atomic E-state index is 0.0476. The lowest BCUT2D eigenvalue weighted by Crippen LogP contribution is -2.51. The predicted octanol–water partition coefficient (Wildman–Crippen LogP) is 2.93. The lowest BCUT2D eigenvalue weighted by atomic mass is 9.95. The quantitative estimate of drug-likeness (QED) is 0.868. The van der Waals surface area contributed by atoms with E-state index in [-0.39, 0.29) is 18.0 Å². The van der Waals surface area contributed by atoms with Crippen molar-refractivity contribution in [3.63, 3.8) is 0 Å². The Bertz CT molecular complexity index is 620. The van der Waals surface area contributed by atoms with Gasteiger partial charge < -0.3 is 20.3 Å². The number of hydrogen-bond acceptors (Lipinski definition) is 3. The molecule has 1 aliphatic carbocycles. The van der Waals surface area contributed by atoms with Crippen LogP contribution in [0.15, 0.2) is 24.3 Å². The third kappa shape index (κ3) is 4.68. The molecule has 6 heteroatoms. The standard InChI is InChI=1S/C20H29N3O3/c1-26-18-10-6-5-9-17(18)19(24)21-16-11-13-23(14-12-16)20(25)22-15-7-3-2-4-8-15/h5-6,9-10,15-16H,2-4,7-8,11-14H2,1H3,(H,21,24)(H,22,25). The number of hydrogen-bond donors (Lipinski definition) is 2. The molecule has 142 valence electrons. The maximum atomic E-state index is 12.5. The number of para-hydroxylation sites is 1. The number of likely N-dealkylation sites (tertiary alicyclic amines) is 1. The molecule has 0 unspecified atom stereocenters. The second-order valence-corrected chi connectivity index (χ2v) is 7.22. The number of carbonyl (C=O) groups is 2. The molecular formula is C20H29N3O3. The molecule has 1 aliphatic heterocycles. The van der Waals surface area contributed by atoms with Gasteiger partial charge in [-0.25, -0.2) is 4.79 Å². The molecule has 1 saturated carbocycles. The maximum absolute atomic E-state index is 12.5. The van der Waals surface area contributed by atoms with Crippen LogP contribution in [0.5, 0.6) is 5.75 Å². The molecule has 0 spiro atoms. The van der Waals surface area contributed by atoms with E-state index in [4.69, 9.17) is 4.74 Å². The molecule has 0 atom stereocenters. The summed E-state index contributed by atoms with van der Waals surface area (Å²) in [5, 5.41) is 6.24.